The molecular formula is C21H25N3O7. The fourth-order valence-corrected chi connectivity index (χ4v) is 3.49. The van der Waals surface area contributed by atoms with Gasteiger partial charge in [-0.15, -0.1) is 0 Å². The van der Waals surface area contributed by atoms with Gasteiger partial charge in [0, 0.05) is 39.5 Å². The molecule has 1 aromatic carbocycles. The van der Waals surface area contributed by atoms with Crippen molar-refractivity contribution in [2.45, 2.75) is 38.6 Å². The monoisotopic (exact) mass is 431 g/mol. The second kappa shape index (κ2) is 10.2. The van der Waals surface area contributed by atoms with E-state index < -0.39 is 29.7 Å². The summed E-state index contributed by atoms with van der Waals surface area (Å²) in [6.45, 7) is 3.25. The fraction of sp³-hybridized carbons (Fsp3) is 0.476. The lowest BCUT2D eigenvalue weighted by molar-refractivity contribution is -0.136. The lowest BCUT2D eigenvalue weighted by atomic mass is 10.0. The Morgan fingerprint density at radius 3 is 2.65 bits per heavy atom. The molecule has 2 aliphatic rings. The minimum Gasteiger partial charge on any atom is -0.493 e. The Kier molecular flexibility index (Phi) is 7.35. The number of carbonyl (C=O) groups excluding carboxylic acids is 5. The summed E-state index contributed by atoms with van der Waals surface area (Å²) in [6.07, 6.45) is 1.45. The molecule has 1 unspecified atom stereocenters. The molecule has 0 aromatic heterocycles. The van der Waals surface area contributed by atoms with Crippen LogP contribution >= 0.6 is 0 Å². The molecule has 2 heterocycles. The number of benzene rings is 1. The van der Waals surface area contributed by atoms with Crippen molar-refractivity contribution in [3.05, 3.63) is 29.3 Å². The Morgan fingerprint density at radius 1 is 1.13 bits per heavy atom. The van der Waals surface area contributed by atoms with Crippen LogP contribution < -0.4 is 15.4 Å². The molecule has 3 rings (SSSR count). The largest absolute Gasteiger partial charge is 0.493 e. The third-order valence-corrected chi connectivity index (χ3v) is 4.96. The van der Waals surface area contributed by atoms with E-state index >= 15 is 0 Å². The molecule has 2 aliphatic heterocycles. The highest BCUT2D eigenvalue weighted by Crippen LogP contribution is 2.33. The van der Waals surface area contributed by atoms with Gasteiger partial charge in [-0.25, -0.2) is 0 Å². The number of nitrogens with zero attached hydrogens (tertiary/aromatic N) is 1. The van der Waals surface area contributed by atoms with Crippen molar-refractivity contribution in [2.75, 3.05) is 26.4 Å². The number of piperidine rings is 1. The zero-order valence-electron chi connectivity index (χ0n) is 17.3. The molecule has 1 fully saturated rings. The second-order valence-corrected chi connectivity index (χ2v) is 7.28. The topological polar surface area (TPSA) is 131 Å². The third-order valence-electron chi connectivity index (χ3n) is 4.96. The van der Waals surface area contributed by atoms with Gasteiger partial charge in [-0.2, -0.15) is 0 Å². The van der Waals surface area contributed by atoms with Crippen molar-refractivity contribution in [2.24, 2.45) is 0 Å². The Morgan fingerprint density at radius 2 is 1.90 bits per heavy atom. The average Bonchev–Trinajstić information content (AvgIpc) is 2.98. The maximum absolute atomic E-state index is 12.9. The van der Waals surface area contributed by atoms with Crippen LogP contribution in [0.15, 0.2) is 18.2 Å². The molecule has 166 valence electrons. The Balaban J connectivity index is 1.53. The van der Waals surface area contributed by atoms with Crippen molar-refractivity contribution >= 4 is 29.5 Å². The number of imide groups is 2. The van der Waals surface area contributed by atoms with Gasteiger partial charge in [0.25, 0.3) is 11.8 Å². The molecule has 2 N–H and O–H groups in total. The summed E-state index contributed by atoms with van der Waals surface area (Å²) in [5.74, 6) is -2.03. The molecular weight excluding hydrogens is 406 g/mol. The summed E-state index contributed by atoms with van der Waals surface area (Å²) >= 11 is 0. The number of ether oxygens (including phenoxy) is 2. The molecule has 5 amide bonds. The van der Waals surface area contributed by atoms with Crippen LogP contribution in [0.25, 0.3) is 0 Å². The summed E-state index contributed by atoms with van der Waals surface area (Å²) in [4.78, 5) is 60.9. The Hall–Kier alpha value is -3.27. The standard InChI is InChI=1S/C21H25N3O7/c1-13(25)22-9-3-10-30-11-4-12-31-16-6-2-5-14-18(16)21(29)24(20(14)28)15-7-8-17(26)23-19(15)27/h2,5-6,15H,3-4,7-12H2,1H3,(H,22,25)(H,23,26,27). The lowest BCUT2D eigenvalue weighted by Crippen LogP contribution is -2.54. The Labute approximate surface area is 179 Å². The van der Waals surface area contributed by atoms with E-state index in [-0.39, 0.29) is 42.2 Å². The molecule has 31 heavy (non-hydrogen) atoms. The predicted molar refractivity (Wildman–Crippen MR) is 107 cm³/mol. The van der Waals surface area contributed by atoms with Crippen LogP contribution in [0.3, 0.4) is 0 Å². The zero-order valence-corrected chi connectivity index (χ0v) is 17.3. The van der Waals surface area contributed by atoms with Gasteiger partial charge in [0.1, 0.15) is 11.8 Å². The van der Waals surface area contributed by atoms with Crippen LogP contribution in [-0.2, 0) is 19.1 Å². The van der Waals surface area contributed by atoms with Crippen molar-refractivity contribution in [1.29, 1.82) is 0 Å². The van der Waals surface area contributed by atoms with Crippen molar-refractivity contribution < 1.29 is 33.4 Å². The molecule has 0 aliphatic carbocycles. The van der Waals surface area contributed by atoms with E-state index in [1.165, 1.54) is 13.0 Å². The van der Waals surface area contributed by atoms with Crippen LogP contribution in [0.1, 0.15) is 53.3 Å². The summed E-state index contributed by atoms with van der Waals surface area (Å²) in [7, 11) is 0. The number of rotatable bonds is 10. The van der Waals surface area contributed by atoms with Gasteiger partial charge in [0.15, 0.2) is 0 Å². The first-order valence-electron chi connectivity index (χ1n) is 10.2. The van der Waals surface area contributed by atoms with Crippen molar-refractivity contribution in [3.8, 4) is 5.75 Å². The van der Waals surface area contributed by atoms with E-state index in [2.05, 4.69) is 10.6 Å². The number of nitrogens with one attached hydrogen (secondary N) is 2. The van der Waals surface area contributed by atoms with E-state index in [0.717, 1.165) is 4.90 Å². The molecule has 1 atom stereocenters. The zero-order chi connectivity index (χ0) is 22.4. The van der Waals surface area contributed by atoms with E-state index in [1.54, 1.807) is 12.1 Å². The van der Waals surface area contributed by atoms with Gasteiger partial charge in [-0.05, 0) is 25.0 Å². The summed E-state index contributed by atoms with van der Waals surface area (Å²) in [6, 6.07) is 3.73. The Bertz CT molecular complexity index is 899. The number of hydrogen-bond acceptors (Lipinski definition) is 7. The number of fused-ring (bicyclic) bond motifs is 1. The summed E-state index contributed by atoms with van der Waals surface area (Å²) < 4.78 is 11.2. The minimum absolute atomic E-state index is 0.0674. The molecule has 0 bridgehead atoms. The van der Waals surface area contributed by atoms with E-state index in [4.69, 9.17) is 9.47 Å². The summed E-state index contributed by atoms with van der Waals surface area (Å²) in [5, 5.41) is 4.86. The van der Waals surface area contributed by atoms with E-state index in [0.29, 0.717) is 32.6 Å². The first-order chi connectivity index (χ1) is 14.9. The number of amides is 5. The van der Waals surface area contributed by atoms with Crippen LogP contribution in [0.2, 0.25) is 0 Å². The quantitative estimate of drug-likeness (QED) is 0.405. The minimum atomic E-state index is -1.01. The normalized spacial score (nSPS) is 18.1. The first kappa shape index (κ1) is 22.4. The lowest BCUT2D eigenvalue weighted by Gasteiger charge is -2.27. The van der Waals surface area contributed by atoms with Gasteiger partial charge >= 0.3 is 0 Å². The van der Waals surface area contributed by atoms with E-state index in [1.807, 2.05) is 0 Å². The smallest absolute Gasteiger partial charge is 0.266 e. The van der Waals surface area contributed by atoms with Crippen LogP contribution in [0.5, 0.6) is 5.75 Å². The number of hydrogen-bond donors (Lipinski definition) is 2. The first-order valence-corrected chi connectivity index (χ1v) is 10.2. The molecule has 10 nitrogen and oxygen atoms in total. The predicted octanol–water partition coefficient (Wildman–Crippen LogP) is 0.400. The maximum atomic E-state index is 12.9. The van der Waals surface area contributed by atoms with Crippen molar-refractivity contribution in [3.63, 3.8) is 0 Å². The highest BCUT2D eigenvalue weighted by atomic mass is 16.5. The highest BCUT2D eigenvalue weighted by molar-refractivity contribution is 6.24. The van der Waals surface area contributed by atoms with Crippen molar-refractivity contribution in [1.82, 2.24) is 15.5 Å². The SMILES string of the molecule is CC(=O)NCCCOCCCOc1cccc2c1C(=O)N(C1CCC(=O)NC1=O)C2=O. The molecule has 0 saturated carbocycles. The molecule has 1 saturated heterocycles. The van der Waals surface area contributed by atoms with Gasteiger partial charge in [-0.3, -0.25) is 34.2 Å². The van der Waals surface area contributed by atoms with Gasteiger partial charge in [0.2, 0.25) is 17.7 Å². The highest BCUT2D eigenvalue weighted by Gasteiger charge is 2.45. The maximum Gasteiger partial charge on any atom is 0.266 e. The van der Waals surface area contributed by atoms with Crippen LogP contribution in [0, 0.1) is 0 Å². The van der Waals surface area contributed by atoms with Crippen LogP contribution in [0.4, 0.5) is 0 Å². The van der Waals surface area contributed by atoms with Gasteiger partial charge in [-0.1, -0.05) is 6.07 Å². The molecule has 0 radical (unpaired) electrons. The van der Waals surface area contributed by atoms with Crippen LogP contribution in [-0.4, -0.2) is 66.8 Å². The van der Waals surface area contributed by atoms with E-state index in [9.17, 15) is 24.0 Å². The van der Waals surface area contributed by atoms with Gasteiger partial charge in [0.05, 0.1) is 17.7 Å². The second-order valence-electron chi connectivity index (χ2n) is 7.28. The molecule has 1 aromatic rings. The molecule has 0 spiro atoms. The molecule has 10 heteroatoms. The number of carbonyl (C=O) groups is 5. The fourth-order valence-electron chi connectivity index (χ4n) is 3.49. The third kappa shape index (κ3) is 5.26. The van der Waals surface area contributed by atoms with Gasteiger partial charge < -0.3 is 14.8 Å². The average molecular weight is 431 g/mol. The summed E-state index contributed by atoms with van der Waals surface area (Å²) in [5.41, 5.74) is 0.315.